The summed E-state index contributed by atoms with van der Waals surface area (Å²) >= 11 is 6.44. The largest absolute Gasteiger partial charge is 0.506 e. The molecular formula is C8H10Br2N2O. The van der Waals surface area contributed by atoms with Crippen LogP contribution in [0.25, 0.3) is 0 Å². The van der Waals surface area contributed by atoms with Gasteiger partial charge in [-0.05, 0) is 49.6 Å². The van der Waals surface area contributed by atoms with E-state index in [9.17, 15) is 5.11 Å². The van der Waals surface area contributed by atoms with E-state index in [1.54, 1.807) is 12.1 Å². The molecule has 0 radical (unpaired) electrons. The summed E-state index contributed by atoms with van der Waals surface area (Å²) in [5.41, 5.74) is 12.0. The first-order valence-corrected chi connectivity index (χ1v) is 5.28. The Morgan fingerprint density at radius 3 is 2.15 bits per heavy atom. The van der Waals surface area contributed by atoms with Crippen molar-refractivity contribution in [2.45, 2.75) is 6.04 Å². The third-order valence-corrected chi connectivity index (χ3v) is 2.93. The number of hydrogen-bond acceptors (Lipinski definition) is 3. The zero-order chi connectivity index (χ0) is 10.0. The summed E-state index contributed by atoms with van der Waals surface area (Å²) in [4.78, 5) is 0. The molecule has 0 aromatic heterocycles. The molecule has 0 heterocycles. The van der Waals surface area contributed by atoms with Crippen LogP contribution >= 0.6 is 31.9 Å². The van der Waals surface area contributed by atoms with Crippen molar-refractivity contribution in [3.8, 4) is 5.75 Å². The molecule has 72 valence electrons. The fourth-order valence-corrected chi connectivity index (χ4v) is 2.16. The minimum atomic E-state index is -0.201. The highest BCUT2D eigenvalue weighted by molar-refractivity contribution is 9.11. The lowest BCUT2D eigenvalue weighted by molar-refractivity contribution is 0.468. The zero-order valence-electron chi connectivity index (χ0n) is 6.80. The summed E-state index contributed by atoms with van der Waals surface area (Å²) in [6.07, 6.45) is 0. The Labute approximate surface area is 93.4 Å². The third kappa shape index (κ3) is 2.43. The van der Waals surface area contributed by atoms with Crippen LogP contribution in [-0.4, -0.2) is 11.7 Å². The van der Waals surface area contributed by atoms with Crippen LogP contribution in [0.2, 0.25) is 0 Å². The molecule has 0 fully saturated rings. The second-order valence-corrected chi connectivity index (χ2v) is 4.38. The first-order chi connectivity index (χ1) is 6.06. The predicted molar refractivity (Wildman–Crippen MR) is 59.5 cm³/mol. The van der Waals surface area contributed by atoms with Crippen molar-refractivity contribution >= 4 is 31.9 Å². The lowest BCUT2D eigenvalue weighted by atomic mass is 10.1. The fourth-order valence-electron chi connectivity index (χ4n) is 0.935. The quantitative estimate of drug-likeness (QED) is 0.781. The van der Waals surface area contributed by atoms with Gasteiger partial charge in [0.1, 0.15) is 5.75 Å². The molecule has 1 aromatic carbocycles. The Morgan fingerprint density at radius 2 is 1.77 bits per heavy atom. The Kier molecular flexibility index (Phi) is 3.73. The van der Waals surface area contributed by atoms with Gasteiger partial charge < -0.3 is 16.6 Å². The van der Waals surface area contributed by atoms with E-state index in [0.29, 0.717) is 15.5 Å². The monoisotopic (exact) mass is 308 g/mol. The van der Waals surface area contributed by atoms with E-state index in [2.05, 4.69) is 31.9 Å². The average Bonchev–Trinajstić information content (AvgIpc) is 2.12. The molecule has 0 spiro atoms. The number of aromatic hydroxyl groups is 1. The highest BCUT2D eigenvalue weighted by atomic mass is 79.9. The van der Waals surface area contributed by atoms with E-state index in [0.717, 1.165) is 5.56 Å². The van der Waals surface area contributed by atoms with Gasteiger partial charge in [0.25, 0.3) is 0 Å². The highest BCUT2D eigenvalue weighted by Crippen LogP contribution is 2.34. The van der Waals surface area contributed by atoms with Crippen molar-refractivity contribution in [3.05, 3.63) is 26.6 Å². The van der Waals surface area contributed by atoms with Crippen molar-refractivity contribution < 1.29 is 5.11 Å². The molecule has 0 aliphatic rings. The summed E-state index contributed by atoms with van der Waals surface area (Å²) in [6, 6.07) is 3.32. The van der Waals surface area contributed by atoms with E-state index < -0.39 is 0 Å². The summed E-state index contributed by atoms with van der Waals surface area (Å²) in [7, 11) is 0. The molecule has 5 N–H and O–H groups in total. The van der Waals surface area contributed by atoms with E-state index >= 15 is 0 Å². The van der Waals surface area contributed by atoms with Crippen LogP contribution < -0.4 is 11.5 Å². The van der Waals surface area contributed by atoms with E-state index in [-0.39, 0.29) is 11.8 Å². The number of phenolic OH excluding ortho intramolecular Hbond substituents is 1. The topological polar surface area (TPSA) is 72.3 Å². The summed E-state index contributed by atoms with van der Waals surface area (Å²) < 4.78 is 1.22. The first kappa shape index (κ1) is 11.0. The minimum Gasteiger partial charge on any atom is -0.506 e. The second kappa shape index (κ2) is 4.41. The fraction of sp³-hybridized carbons (Fsp3) is 0.250. The number of benzene rings is 1. The van der Waals surface area contributed by atoms with Crippen molar-refractivity contribution in [2.24, 2.45) is 11.5 Å². The van der Waals surface area contributed by atoms with Gasteiger partial charge >= 0.3 is 0 Å². The molecule has 0 amide bonds. The average molecular weight is 310 g/mol. The number of rotatable bonds is 2. The van der Waals surface area contributed by atoms with Crippen LogP contribution in [0.3, 0.4) is 0 Å². The molecule has 1 aromatic rings. The van der Waals surface area contributed by atoms with Gasteiger partial charge in [-0.25, -0.2) is 0 Å². The molecule has 5 heteroatoms. The molecule has 0 aliphatic carbocycles. The Morgan fingerprint density at radius 1 is 1.31 bits per heavy atom. The Bertz CT molecular complexity index is 294. The predicted octanol–water partition coefficient (Wildman–Crippen LogP) is 1.88. The smallest absolute Gasteiger partial charge is 0.143 e. The van der Waals surface area contributed by atoms with Crippen LogP contribution in [0.15, 0.2) is 21.1 Å². The molecule has 13 heavy (non-hydrogen) atoms. The first-order valence-electron chi connectivity index (χ1n) is 3.69. The van der Waals surface area contributed by atoms with Crippen molar-refractivity contribution in [3.63, 3.8) is 0 Å². The molecule has 1 atom stereocenters. The SMILES string of the molecule is NCC(N)c1cc(Br)c(O)c(Br)c1. The molecule has 0 bridgehead atoms. The molecule has 0 saturated heterocycles. The van der Waals surface area contributed by atoms with Crippen LogP contribution in [0.1, 0.15) is 11.6 Å². The second-order valence-electron chi connectivity index (χ2n) is 2.68. The maximum atomic E-state index is 9.42. The number of halogens is 2. The number of nitrogens with two attached hydrogens (primary N) is 2. The maximum absolute atomic E-state index is 9.42. The molecular weight excluding hydrogens is 300 g/mol. The molecule has 3 nitrogen and oxygen atoms in total. The van der Waals surface area contributed by atoms with Crippen molar-refractivity contribution in [1.29, 1.82) is 0 Å². The molecule has 1 unspecified atom stereocenters. The van der Waals surface area contributed by atoms with Gasteiger partial charge in [0.2, 0.25) is 0 Å². The van der Waals surface area contributed by atoms with Crippen LogP contribution in [0.4, 0.5) is 0 Å². The van der Waals surface area contributed by atoms with Gasteiger partial charge in [0.15, 0.2) is 0 Å². The maximum Gasteiger partial charge on any atom is 0.143 e. The van der Waals surface area contributed by atoms with Gasteiger partial charge in [-0.15, -0.1) is 0 Å². The summed E-state index contributed by atoms with van der Waals surface area (Å²) in [5.74, 6) is 0.174. The van der Waals surface area contributed by atoms with Gasteiger partial charge in [0.05, 0.1) is 8.95 Å². The van der Waals surface area contributed by atoms with E-state index in [1.165, 1.54) is 0 Å². The van der Waals surface area contributed by atoms with E-state index in [1.807, 2.05) is 0 Å². The van der Waals surface area contributed by atoms with Gasteiger partial charge in [-0.1, -0.05) is 0 Å². The van der Waals surface area contributed by atoms with Gasteiger partial charge in [-0.2, -0.15) is 0 Å². The van der Waals surface area contributed by atoms with Crippen LogP contribution in [-0.2, 0) is 0 Å². The lowest BCUT2D eigenvalue weighted by Gasteiger charge is -2.11. The number of hydrogen-bond donors (Lipinski definition) is 3. The van der Waals surface area contributed by atoms with Crippen LogP contribution in [0, 0.1) is 0 Å². The van der Waals surface area contributed by atoms with Crippen LogP contribution in [0.5, 0.6) is 5.75 Å². The Balaban J connectivity index is 3.13. The number of phenols is 1. The van der Waals surface area contributed by atoms with Gasteiger partial charge in [-0.3, -0.25) is 0 Å². The standard InChI is InChI=1S/C8H10Br2N2O/c9-5-1-4(7(12)3-11)2-6(10)8(5)13/h1-2,7,13H,3,11-12H2. The van der Waals surface area contributed by atoms with E-state index in [4.69, 9.17) is 11.5 Å². The molecule has 0 saturated carbocycles. The minimum absolute atomic E-state index is 0.174. The lowest BCUT2D eigenvalue weighted by Crippen LogP contribution is -2.20. The highest BCUT2D eigenvalue weighted by Gasteiger charge is 2.09. The third-order valence-electron chi connectivity index (χ3n) is 1.72. The normalized spacial score (nSPS) is 12.9. The zero-order valence-corrected chi connectivity index (χ0v) is 9.97. The van der Waals surface area contributed by atoms with Gasteiger partial charge in [0, 0.05) is 12.6 Å². The molecule has 0 aliphatic heterocycles. The van der Waals surface area contributed by atoms with Crippen molar-refractivity contribution in [2.75, 3.05) is 6.54 Å². The summed E-state index contributed by atoms with van der Waals surface area (Å²) in [6.45, 7) is 0.379. The summed E-state index contributed by atoms with van der Waals surface area (Å²) in [5, 5.41) is 9.42. The van der Waals surface area contributed by atoms with Crippen molar-refractivity contribution in [1.82, 2.24) is 0 Å². The Hall–Kier alpha value is -0.100. The molecule has 1 rings (SSSR count).